The first-order valence-corrected chi connectivity index (χ1v) is 3.45. The molecule has 4 nitrogen and oxygen atoms in total. The SMILES string of the molecule is CN(C)CCNC(=O)CC#N. The highest BCUT2D eigenvalue weighted by molar-refractivity contribution is 5.77. The average molecular weight is 155 g/mol. The first-order valence-electron chi connectivity index (χ1n) is 3.45. The van der Waals surface area contributed by atoms with Crippen molar-refractivity contribution in [1.82, 2.24) is 10.2 Å². The topological polar surface area (TPSA) is 56.1 Å². The Bertz CT molecular complexity index is 160. The molecule has 0 aromatic rings. The van der Waals surface area contributed by atoms with Crippen LogP contribution in [0.15, 0.2) is 0 Å². The van der Waals surface area contributed by atoms with Gasteiger partial charge in [0.05, 0.1) is 6.07 Å². The van der Waals surface area contributed by atoms with Gasteiger partial charge in [-0.3, -0.25) is 4.79 Å². The van der Waals surface area contributed by atoms with Crippen LogP contribution in [0.3, 0.4) is 0 Å². The number of likely N-dealkylation sites (N-methyl/N-ethyl adjacent to an activating group) is 1. The van der Waals surface area contributed by atoms with Crippen LogP contribution in [-0.4, -0.2) is 38.0 Å². The van der Waals surface area contributed by atoms with Gasteiger partial charge in [-0.25, -0.2) is 0 Å². The Labute approximate surface area is 66.8 Å². The van der Waals surface area contributed by atoms with E-state index in [1.54, 1.807) is 6.07 Å². The highest BCUT2D eigenvalue weighted by Gasteiger charge is 1.97. The summed E-state index contributed by atoms with van der Waals surface area (Å²) in [7, 11) is 3.85. The number of amides is 1. The number of hydrogen-bond donors (Lipinski definition) is 1. The van der Waals surface area contributed by atoms with E-state index in [9.17, 15) is 4.79 Å². The third kappa shape index (κ3) is 6.81. The van der Waals surface area contributed by atoms with E-state index >= 15 is 0 Å². The van der Waals surface area contributed by atoms with Crippen LogP contribution in [0.1, 0.15) is 6.42 Å². The fourth-order valence-corrected chi connectivity index (χ4v) is 0.553. The fraction of sp³-hybridized carbons (Fsp3) is 0.714. The van der Waals surface area contributed by atoms with Crippen molar-refractivity contribution in [2.45, 2.75) is 6.42 Å². The van der Waals surface area contributed by atoms with Gasteiger partial charge in [0.25, 0.3) is 0 Å². The summed E-state index contributed by atoms with van der Waals surface area (Å²) in [4.78, 5) is 12.6. The molecule has 0 aromatic carbocycles. The minimum Gasteiger partial charge on any atom is -0.354 e. The van der Waals surface area contributed by atoms with Crippen molar-refractivity contribution >= 4 is 5.91 Å². The van der Waals surface area contributed by atoms with Gasteiger partial charge in [0.15, 0.2) is 0 Å². The van der Waals surface area contributed by atoms with Crippen LogP contribution in [0.25, 0.3) is 0 Å². The lowest BCUT2D eigenvalue weighted by atomic mass is 10.4. The van der Waals surface area contributed by atoms with Crippen LogP contribution < -0.4 is 5.32 Å². The smallest absolute Gasteiger partial charge is 0.234 e. The van der Waals surface area contributed by atoms with E-state index < -0.39 is 0 Å². The van der Waals surface area contributed by atoms with Gasteiger partial charge in [0.1, 0.15) is 6.42 Å². The van der Waals surface area contributed by atoms with Gasteiger partial charge in [0, 0.05) is 13.1 Å². The van der Waals surface area contributed by atoms with Crippen LogP contribution >= 0.6 is 0 Å². The Morgan fingerprint density at radius 3 is 2.73 bits per heavy atom. The minimum atomic E-state index is -0.200. The highest BCUT2D eigenvalue weighted by Crippen LogP contribution is 1.75. The van der Waals surface area contributed by atoms with Crippen molar-refractivity contribution in [3.63, 3.8) is 0 Å². The lowest BCUT2D eigenvalue weighted by Crippen LogP contribution is -2.30. The maximum Gasteiger partial charge on any atom is 0.234 e. The van der Waals surface area contributed by atoms with Crippen molar-refractivity contribution in [2.24, 2.45) is 0 Å². The van der Waals surface area contributed by atoms with Gasteiger partial charge in [-0.2, -0.15) is 5.26 Å². The summed E-state index contributed by atoms with van der Waals surface area (Å²) >= 11 is 0. The molecule has 0 saturated carbocycles. The summed E-state index contributed by atoms with van der Waals surface area (Å²) in [5, 5.41) is 10.7. The molecule has 0 spiro atoms. The Kier molecular flexibility index (Phi) is 5.13. The molecule has 62 valence electrons. The van der Waals surface area contributed by atoms with Gasteiger partial charge in [-0.05, 0) is 14.1 Å². The molecule has 0 rings (SSSR count). The van der Waals surface area contributed by atoms with E-state index in [0.29, 0.717) is 6.54 Å². The van der Waals surface area contributed by atoms with Gasteiger partial charge in [-0.1, -0.05) is 0 Å². The van der Waals surface area contributed by atoms with E-state index in [2.05, 4.69) is 5.32 Å². The maximum atomic E-state index is 10.7. The van der Waals surface area contributed by atoms with Crippen molar-refractivity contribution in [3.8, 4) is 6.07 Å². The van der Waals surface area contributed by atoms with E-state index in [-0.39, 0.29) is 12.3 Å². The molecule has 11 heavy (non-hydrogen) atoms. The molecule has 1 amide bonds. The van der Waals surface area contributed by atoms with E-state index in [0.717, 1.165) is 6.54 Å². The second kappa shape index (κ2) is 5.69. The van der Waals surface area contributed by atoms with Crippen molar-refractivity contribution in [2.75, 3.05) is 27.2 Å². The fourth-order valence-electron chi connectivity index (χ4n) is 0.553. The zero-order valence-corrected chi connectivity index (χ0v) is 6.92. The van der Waals surface area contributed by atoms with Gasteiger partial charge in [-0.15, -0.1) is 0 Å². The molecule has 0 bridgehead atoms. The zero-order chi connectivity index (χ0) is 8.69. The molecule has 0 fully saturated rings. The Balaban J connectivity index is 3.26. The van der Waals surface area contributed by atoms with E-state index in [1.807, 2.05) is 19.0 Å². The summed E-state index contributed by atoms with van der Waals surface area (Å²) in [6.45, 7) is 1.41. The first-order chi connectivity index (χ1) is 5.16. The quantitative estimate of drug-likeness (QED) is 0.599. The van der Waals surface area contributed by atoms with Crippen molar-refractivity contribution < 1.29 is 4.79 Å². The van der Waals surface area contributed by atoms with Crippen molar-refractivity contribution in [3.05, 3.63) is 0 Å². The molecule has 0 radical (unpaired) electrons. The molecule has 0 aliphatic rings. The van der Waals surface area contributed by atoms with Crippen LogP contribution in [0.2, 0.25) is 0 Å². The third-order valence-corrected chi connectivity index (χ3v) is 1.12. The van der Waals surface area contributed by atoms with Crippen LogP contribution in [0.5, 0.6) is 0 Å². The summed E-state index contributed by atoms with van der Waals surface area (Å²) in [5.41, 5.74) is 0. The molecule has 0 saturated heterocycles. The number of hydrogen-bond acceptors (Lipinski definition) is 3. The average Bonchev–Trinajstić information content (AvgIpc) is 1.87. The lowest BCUT2D eigenvalue weighted by molar-refractivity contribution is -0.120. The molecule has 0 atom stereocenters. The van der Waals surface area contributed by atoms with Crippen LogP contribution in [-0.2, 0) is 4.79 Å². The number of nitriles is 1. The first kappa shape index (κ1) is 9.92. The molecule has 0 aromatic heterocycles. The van der Waals surface area contributed by atoms with Crippen LogP contribution in [0, 0.1) is 11.3 Å². The highest BCUT2D eigenvalue weighted by atomic mass is 16.1. The standard InChI is InChI=1S/C7H13N3O/c1-10(2)6-5-9-7(11)3-4-8/h3,5-6H2,1-2H3,(H,9,11). The van der Waals surface area contributed by atoms with Gasteiger partial charge < -0.3 is 10.2 Å². The minimum absolute atomic E-state index is 0.0482. The summed E-state index contributed by atoms with van der Waals surface area (Å²) < 4.78 is 0. The number of rotatable bonds is 4. The largest absolute Gasteiger partial charge is 0.354 e. The normalized spacial score (nSPS) is 9.27. The number of nitrogens with one attached hydrogen (secondary N) is 1. The Morgan fingerprint density at radius 1 is 1.64 bits per heavy atom. The predicted molar refractivity (Wildman–Crippen MR) is 41.8 cm³/mol. The van der Waals surface area contributed by atoms with E-state index in [1.165, 1.54) is 0 Å². The molecular formula is C7H13N3O. The molecule has 4 heteroatoms. The van der Waals surface area contributed by atoms with Crippen LogP contribution in [0.4, 0.5) is 0 Å². The zero-order valence-electron chi connectivity index (χ0n) is 6.92. The molecule has 0 aliphatic carbocycles. The van der Waals surface area contributed by atoms with Gasteiger partial charge in [0.2, 0.25) is 5.91 Å². The summed E-state index contributed by atoms with van der Waals surface area (Å²) in [5.74, 6) is -0.200. The molecule has 0 heterocycles. The second-order valence-corrected chi connectivity index (χ2v) is 2.49. The Morgan fingerprint density at radius 2 is 2.27 bits per heavy atom. The van der Waals surface area contributed by atoms with Gasteiger partial charge >= 0.3 is 0 Å². The number of carbonyl (C=O) groups excluding carboxylic acids is 1. The summed E-state index contributed by atoms with van der Waals surface area (Å²) in [6, 6.07) is 1.78. The Hall–Kier alpha value is -1.08. The third-order valence-electron chi connectivity index (χ3n) is 1.12. The summed E-state index contributed by atoms with van der Waals surface area (Å²) in [6.07, 6.45) is -0.0482. The molecule has 1 N–H and O–H groups in total. The monoisotopic (exact) mass is 155 g/mol. The maximum absolute atomic E-state index is 10.7. The number of carbonyl (C=O) groups is 1. The van der Waals surface area contributed by atoms with Crippen molar-refractivity contribution in [1.29, 1.82) is 5.26 Å². The molecule has 0 aliphatic heterocycles. The lowest BCUT2D eigenvalue weighted by Gasteiger charge is -2.08. The second-order valence-electron chi connectivity index (χ2n) is 2.49. The number of nitrogens with zero attached hydrogens (tertiary/aromatic N) is 2. The molecule has 0 unspecified atom stereocenters. The van der Waals surface area contributed by atoms with E-state index in [4.69, 9.17) is 5.26 Å². The predicted octanol–water partition coefficient (Wildman–Crippen LogP) is -0.422. The molecular weight excluding hydrogens is 142 g/mol.